The van der Waals surface area contributed by atoms with Gasteiger partial charge in [-0.3, -0.25) is 18.6 Å². The highest BCUT2D eigenvalue weighted by molar-refractivity contribution is 7.47. The van der Waals surface area contributed by atoms with Gasteiger partial charge in [0.2, 0.25) is 0 Å². The monoisotopic (exact) mass is 1250 g/mol. The molecule has 0 heterocycles. The Balaban J connectivity index is 3.88. The van der Waals surface area contributed by atoms with Crippen molar-refractivity contribution < 1.29 is 42.1 Å². The molecule has 0 aliphatic rings. The van der Waals surface area contributed by atoms with Crippen LogP contribution in [0.5, 0.6) is 0 Å². The zero-order valence-corrected chi connectivity index (χ0v) is 60.5. The molecule has 0 aromatic heterocycles. The average Bonchev–Trinajstić information content (AvgIpc) is 3.56. The lowest BCUT2D eigenvalue weighted by Gasteiger charge is -2.24. The number of rotatable bonds is 75. The highest BCUT2D eigenvalue weighted by Crippen LogP contribution is 2.43. The molecular formula is C77H155NO8P+. The second-order valence-electron chi connectivity index (χ2n) is 28.5. The second-order valence-corrected chi connectivity index (χ2v) is 29.9. The van der Waals surface area contributed by atoms with Crippen LogP contribution in [0.15, 0.2) is 0 Å². The van der Waals surface area contributed by atoms with E-state index >= 15 is 0 Å². The van der Waals surface area contributed by atoms with Crippen LogP contribution in [0.1, 0.15) is 431 Å². The van der Waals surface area contributed by atoms with Crippen molar-refractivity contribution in [3.8, 4) is 0 Å². The number of esters is 2. The highest BCUT2D eigenvalue weighted by atomic mass is 31.2. The molecule has 0 aromatic carbocycles. The summed E-state index contributed by atoms with van der Waals surface area (Å²) < 4.78 is 34.8. The van der Waals surface area contributed by atoms with Crippen molar-refractivity contribution >= 4 is 19.8 Å². The Morgan fingerprint density at radius 3 is 0.736 bits per heavy atom. The van der Waals surface area contributed by atoms with E-state index in [9.17, 15) is 19.0 Å². The minimum Gasteiger partial charge on any atom is -0.462 e. The minimum atomic E-state index is -4.39. The number of ether oxygens (including phenoxy) is 2. The summed E-state index contributed by atoms with van der Waals surface area (Å²) >= 11 is 0. The largest absolute Gasteiger partial charge is 0.472 e. The van der Waals surface area contributed by atoms with E-state index in [1.165, 1.54) is 366 Å². The molecule has 520 valence electrons. The van der Waals surface area contributed by atoms with Crippen molar-refractivity contribution in [3.05, 3.63) is 0 Å². The normalized spacial score (nSPS) is 12.9. The molecule has 0 saturated carbocycles. The summed E-state index contributed by atoms with van der Waals surface area (Å²) in [5.41, 5.74) is 0. The smallest absolute Gasteiger partial charge is 0.462 e. The van der Waals surface area contributed by atoms with E-state index in [1.807, 2.05) is 21.1 Å². The minimum absolute atomic E-state index is 0.0378. The molecular weight excluding hydrogens is 1100 g/mol. The van der Waals surface area contributed by atoms with Crippen molar-refractivity contribution in [1.82, 2.24) is 0 Å². The first-order valence-electron chi connectivity index (χ1n) is 39.3. The predicted molar refractivity (Wildman–Crippen MR) is 377 cm³/mol. The lowest BCUT2D eigenvalue weighted by atomic mass is 10.0. The molecule has 10 heteroatoms. The molecule has 2 atom stereocenters. The Hall–Kier alpha value is -0.990. The Kier molecular flexibility index (Phi) is 68.6. The molecule has 0 saturated heterocycles. The van der Waals surface area contributed by atoms with Crippen LogP contribution in [0.2, 0.25) is 0 Å². The molecule has 87 heavy (non-hydrogen) atoms. The van der Waals surface area contributed by atoms with E-state index in [1.54, 1.807) is 0 Å². The molecule has 0 bridgehead atoms. The summed E-state index contributed by atoms with van der Waals surface area (Å²) in [7, 11) is 1.51. The van der Waals surface area contributed by atoms with Gasteiger partial charge in [0.05, 0.1) is 27.7 Å². The summed E-state index contributed by atoms with van der Waals surface area (Å²) in [5.74, 6) is -0.765. The molecule has 0 spiro atoms. The van der Waals surface area contributed by atoms with E-state index in [4.69, 9.17) is 18.5 Å². The molecule has 9 nitrogen and oxygen atoms in total. The van der Waals surface area contributed by atoms with Gasteiger partial charge in [0.15, 0.2) is 6.10 Å². The van der Waals surface area contributed by atoms with Gasteiger partial charge in [-0.2, -0.15) is 0 Å². The lowest BCUT2D eigenvalue weighted by Crippen LogP contribution is -2.37. The maximum atomic E-state index is 12.9. The lowest BCUT2D eigenvalue weighted by molar-refractivity contribution is -0.870. The van der Waals surface area contributed by atoms with Crippen LogP contribution in [0, 0.1) is 0 Å². The fraction of sp³-hybridized carbons (Fsp3) is 0.974. The number of carbonyl (C=O) groups is 2. The van der Waals surface area contributed by atoms with Gasteiger partial charge < -0.3 is 18.9 Å². The van der Waals surface area contributed by atoms with Crippen molar-refractivity contribution in [2.45, 2.75) is 437 Å². The summed E-state index contributed by atoms with van der Waals surface area (Å²) in [5, 5.41) is 0. The fourth-order valence-corrected chi connectivity index (χ4v) is 13.1. The SMILES string of the molecule is CCCCCCCCCCCCCCCCCCCCCCCCCCCCCCCCCCCCCCCC(=O)OC(COC(=O)CCCCCCCCCCCCCCCCCCCCCCCCCCCC)COP(=O)(O)OCC[N+](C)(C)C. The van der Waals surface area contributed by atoms with Gasteiger partial charge in [-0.15, -0.1) is 0 Å². The van der Waals surface area contributed by atoms with Crippen LogP contribution in [-0.2, 0) is 32.7 Å². The van der Waals surface area contributed by atoms with Crippen LogP contribution in [0.25, 0.3) is 0 Å². The van der Waals surface area contributed by atoms with Gasteiger partial charge in [0.1, 0.15) is 19.8 Å². The predicted octanol–water partition coefficient (Wildman–Crippen LogP) is 25.7. The van der Waals surface area contributed by atoms with Gasteiger partial charge in [0.25, 0.3) is 0 Å². The Morgan fingerprint density at radius 2 is 0.517 bits per heavy atom. The number of hydrogen-bond donors (Lipinski definition) is 1. The Labute approximate surface area is 544 Å². The van der Waals surface area contributed by atoms with Crippen molar-refractivity contribution in [3.63, 3.8) is 0 Å². The number of nitrogens with zero attached hydrogens (tertiary/aromatic N) is 1. The molecule has 0 radical (unpaired) electrons. The second kappa shape index (κ2) is 69.4. The maximum Gasteiger partial charge on any atom is 0.472 e. The van der Waals surface area contributed by atoms with Gasteiger partial charge in [0, 0.05) is 12.8 Å². The average molecular weight is 1250 g/mol. The van der Waals surface area contributed by atoms with Gasteiger partial charge >= 0.3 is 19.8 Å². The zero-order valence-electron chi connectivity index (χ0n) is 59.6. The van der Waals surface area contributed by atoms with Crippen LogP contribution in [-0.4, -0.2) is 74.9 Å². The van der Waals surface area contributed by atoms with Gasteiger partial charge in [-0.05, 0) is 12.8 Å². The number of phosphoric acid groups is 1. The van der Waals surface area contributed by atoms with E-state index in [0.717, 1.165) is 38.5 Å². The number of phosphoric ester groups is 1. The van der Waals surface area contributed by atoms with Crippen LogP contribution < -0.4 is 0 Å². The molecule has 0 aliphatic heterocycles. The number of hydrogen-bond acceptors (Lipinski definition) is 7. The third kappa shape index (κ3) is 73.9. The molecule has 2 unspecified atom stereocenters. The first-order valence-corrected chi connectivity index (χ1v) is 40.8. The van der Waals surface area contributed by atoms with Gasteiger partial charge in [-0.25, -0.2) is 4.57 Å². The van der Waals surface area contributed by atoms with E-state index in [2.05, 4.69) is 13.8 Å². The van der Waals surface area contributed by atoms with Crippen LogP contribution in [0.3, 0.4) is 0 Å². The standard InChI is InChI=1S/C77H154NO8P/c1-6-8-10-12-14-16-18-20-22-24-26-28-30-32-34-35-36-37-38-39-40-41-42-43-44-46-48-50-52-54-56-58-60-62-64-66-68-70-77(80)86-75(74-85-87(81,82)84-72-71-78(3,4)5)73-83-76(79)69-67-65-63-61-59-57-55-53-51-49-47-45-33-31-29-27-25-23-21-19-17-15-13-11-9-7-2/h75H,6-74H2,1-5H3/p+1. The quantitative estimate of drug-likeness (QED) is 0.0278. The van der Waals surface area contributed by atoms with Crippen molar-refractivity contribution in [1.29, 1.82) is 0 Å². The third-order valence-corrected chi connectivity index (χ3v) is 19.4. The summed E-state index contributed by atoms with van der Waals surface area (Å²) in [4.78, 5) is 35.9. The third-order valence-electron chi connectivity index (χ3n) is 18.4. The van der Waals surface area contributed by atoms with Crippen molar-refractivity contribution in [2.24, 2.45) is 0 Å². The molecule has 1 N–H and O–H groups in total. The summed E-state index contributed by atoms with van der Waals surface area (Å²) in [6.07, 6.45) is 85.4. The maximum absolute atomic E-state index is 12.9. The number of quaternary nitrogens is 1. The highest BCUT2D eigenvalue weighted by Gasteiger charge is 2.27. The topological polar surface area (TPSA) is 108 Å². The van der Waals surface area contributed by atoms with E-state index < -0.39 is 26.5 Å². The zero-order chi connectivity index (χ0) is 63.4. The molecule has 0 aromatic rings. The number of carbonyl (C=O) groups excluding carboxylic acids is 2. The van der Waals surface area contributed by atoms with E-state index in [0.29, 0.717) is 17.4 Å². The summed E-state index contributed by atoms with van der Waals surface area (Å²) in [6, 6.07) is 0. The molecule has 0 amide bonds. The number of unbranched alkanes of at least 4 members (excludes halogenated alkanes) is 61. The molecule has 0 aliphatic carbocycles. The van der Waals surface area contributed by atoms with E-state index in [-0.39, 0.29) is 25.6 Å². The number of likely N-dealkylation sites (N-methyl/N-ethyl adjacent to an activating group) is 1. The van der Waals surface area contributed by atoms with Crippen LogP contribution >= 0.6 is 7.82 Å². The first kappa shape index (κ1) is 86.0. The molecule has 0 rings (SSSR count). The fourth-order valence-electron chi connectivity index (χ4n) is 12.4. The summed E-state index contributed by atoms with van der Waals surface area (Å²) in [6.45, 7) is 4.54. The van der Waals surface area contributed by atoms with Gasteiger partial charge in [-0.1, -0.05) is 406 Å². The van der Waals surface area contributed by atoms with Crippen molar-refractivity contribution in [2.75, 3.05) is 47.5 Å². The first-order chi connectivity index (χ1) is 42.5. The van der Waals surface area contributed by atoms with Crippen LogP contribution in [0.4, 0.5) is 0 Å². The Morgan fingerprint density at radius 1 is 0.310 bits per heavy atom. The Bertz CT molecular complexity index is 1420. The molecule has 0 fully saturated rings.